The molecule has 0 saturated carbocycles. The summed E-state index contributed by atoms with van der Waals surface area (Å²) in [7, 11) is 0. The summed E-state index contributed by atoms with van der Waals surface area (Å²) in [5.41, 5.74) is 6.37. The van der Waals surface area contributed by atoms with E-state index < -0.39 is 6.04 Å². The van der Waals surface area contributed by atoms with Crippen LogP contribution in [-0.2, 0) is 4.79 Å². The van der Waals surface area contributed by atoms with E-state index in [0.29, 0.717) is 12.0 Å². The highest BCUT2D eigenvalue weighted by Crippen LogP contribution is 2.14. The Kier molecular flexibility index (Phi) is 3.77. The molecule has 3 heteroatoms. The van der Waals surface area contributed by atoms with Gasteiger partial charge in [-0.1, -0.05) is 19.1 Å². The normalized spacial score (nSPS) is 12.5. The number of halogens is 1. The van der Waals surface area contributed by atoms with Crippen LogP contribution in [0.15, 0.2) is 24.3 Å². The second-order valence-corrected chi connectivity index (χ2v) is 3.25. The summed E-state index contributed by atoms with van der Waals surface area (Å²) in [6, 6.07) is 5.11. The number of ketones is 1. The fourth-order valence-electron chi connectivity index (χ4n) is 1.26. The van der Waals surface area contributed by atoms with Gasteiger partial charge in [0.25, 0.3) is 0 Å². The summed E-state index contributed by atoms with van der Waals surface area (Å²) in [4.78, 5) is 11.4. The van der Waals surface area contributed by atoms with Crippen LogP contribution in [0.2, 0.25) is 0 Å². The van der Waals surface area contributed by atoms with Crippen molar-refractivity contribution < 1.29 is 9.18 Å². The first kappa shape index (κ1) is 10.9. The molecule has 0 bridgehead atoms. The molecular formula is C11H14FNO. The summed E-state index contributed by atoms with van der Waals surface area (Å²) >= 11 is 0. The molecule has 0 radical (unpaired) electrons. The van der Waals surface area contributed by atoms with Gasteiger partial charge in [0.2, 0.25) is 0 Å². The SMILES string of the molecule is CCCC(=O)C(N)c1ccc(F)cc1. The molecule has 1 aromatic rings. The van der Waals surface area contributed by atoms with Crippen LogP contribution in [0.5, 0.6) is 0 Å². The Hall–Kier alpha value is -1.22. The summed E-state index contributed by atoms with van der Waals surface area (Å²) in [5, 5.41) is 0. The standard InChI is InChI=1S/C11H14FNO/c1-2-3-10(14)11(13)8-4-6-9(12)7-5-8/h4-7,11H,2-3,13H2,1H3. The zero-order chi connectivity index (χ0) is 10.6. The molecule has 0 saturated heterocycles. The molecule has 1 atom stereocenters. The topological polar surface area (TPSA) is 43.1 Å². The van der Waals surface area contributed by atoms with Gasteiger partial charge >= 0.3 is 0 Å². The lowest BCUT2D eigenvalue weighted by Crippen LogP contribution is -2.20. The smallest absolute Gasteiger partial charge is 0.154 e. The molecule has 14 heavy (non-hydrogen) atoms. The van der Waals surface area contributed by atoms with E-state index in [4.69, 9.17) is 5.73 Å². The van der Waals surface area contributed by atoms with Crippen LogP contribution in [0.1, 0.15) is 31.4 Å². The van der Waals surface area contributed by atoms with Crippen molar-refractivity contribution in [2.75, 3.05) is 0 Å². The summed E-state index contributed by atoms with van der Waals surface area (Å²) < 4.78 is 12.6. The van der Waals surface area contributed by atoms with Gasteiger partial charge in [0.05, 0.1) is 6.04 Å². The Morgan fingerprint density at radius 3 is 2.50 bits per heavy atom. The van der Waals surface area contributed by atoms with Crippen molar-refractivity contribution in [2.45, 2.75) is 25.8 Å². The van der Waals surface area contributed by atoms with Crippen molar-refractivity contribution in [1.29, 1.82) is 0 Å². The second kappa shape index (κ2) is 4.86. The Morgan fingerprint density at radius 1 is 1.43 bits per heavy atom. The van der Waals surface area contributed by atoms with Crippen LogP contribution in [0.25, 0.3) is 0 Å². The van der Waals surface area contributed by atoms with Gasteiger partial charge < -0.3 is 5.73 Å². The Morgan fingerprint density at radius 2 is 2.00 bits per heavy atom. The highest BCUT2D eigenvalue weighted by Gasteiger charge is 2.14. The molecule has 0 aliphatic carbocycles. The van der Waals surface area contributed by atoms with Gasteiger partial charge in [-0.2, -0.15) is 0 Å². The Balaban J connectivity index is 2.73. The molecule has 1 unspecified atom stereocenters. The summed E-state index contributed by atoms with van der Waals surface area (Å²) in [5.74, 6) is -0.317. The quantitative estimate of drug-likeness (QED) is 0.800. The number of carbonyl (C=O) groups is 1. The second-order valence-electron chi connectivity index (χ2n) is 3.25. The fraction of sp³-hybridized carbons (Fsp3) is 0.364. The molecule has 2 N–H and O–H groups in total. The fourth-order valence-corrected chi connectivity index (χ4v) is 1.26. The molecular weight excluding hydrogens is 181 g/mol. The molecule has 76 valence electrons. The van der Waals surface area contributed by atoms with Gasteiger partial charge in [-0.15, -0.1) is 0 Å². The lowest BCUT2D eigenvalue weighted by Gasteiger charge is -2.09. The number of nitrogens with two attached hydrogens (primary N) is 1. The third-order valence-electron chi connectivity index (χ3n) is 2.07. The molecule has 0 amide bonds. The van der Waals surface area contributed by atoms with E-state index in [2.05, 4.69) is 0 Å². The minimum atomic E-state index is -0.615. The number of Topliss-reactive ketones (excluding diaryl/α,β-unsaturated/α-hetero) is 1. The minimum absolute atomic E-state index is 0.000826. The van der Waals surface area contributed by atoms with Gasteiger partial charge in [-0.25, -0.2) is 4.39 Å². The first-order valence-electron chi connectivity index (χ1n) is 4.69. The Labute approximate surface area is 82.9 Å². The molecule has 0 aliphatic heterocycles. The van der Waals surface area contributed by atoms with E-state index in [9.17, 15) is 9.18 Å². The van der Waals surface area contributed by atoms with Gasteiger partial charge in [-0.3, -0.25) is 4.79 Å². The molecule has 0 fully saturated rings. The van der Waals surface area contributed by atoms with Crippen molar-refractivity contribution in [2.24, 2.45) is 5.73 Å². The Bertz CT molecular complexity index is 308. The molecule has 0 heterocycles. The maximum Gasteiger partial charge on any atom is 0.154 e. The van der Waals surface area contributed by atoms with Gasteiger partial charge in [0, 0.05) is 6.42 Å². The lowest BCUT2D eigenvalue weighted by atomic mass is 10.0. The number of hydrogen-bond acceptors (Lipinski definition) is 2. The van der Waals surface area contributed by atoms with E-state index >= 15 is 0 Å². The van der Waals surface area contributed by atoms with Crippen LogP contribution >= 0.6 is 0 Å². The van der Waals surface area contributed by atoms with E-state index in [1.165, 1.54) is 12.1 Å². The van der Waals surface area contributed by atoms with Gasteiger partial charge in [0.15, 0.2) is 5.78 Å². The largest absolute Gasteiger partial charge is 0.318 e. The molecule has 0 spiro atoms. The number of rotatable bonds is 4. The zero-order valence-corrected chi connectivity index (χ0v) is 8.16. The van der Waals surface area contributed by atoms with E-state index in [0.717, 1.165) is 6.42 Å². The third-order valence-corrected chi connectivity index (χ3v) is 2.07. The predicted molar refractivity (Wildman–Crippen MR) is 53.2 cm³/mol. The maximum absolute atomic E-state index is 12.6. The minimum Gasteiger partial charge on any atom is -0.318 e. The average molecular weight is 195 g/mol. The van der Waals surface area contributed by atoms with Crippen molar-refractivity contribution >= 4 is 5.78 Å². The van der Waals surface area contributed by atoms with Crippen LogP contribution < -0.4 is 5.73 Å². The summed E-state index contributed by atoms with van der Waals surface area (Å²) in [6.07, 6.45) is 1.26. The molecule has 2 nitrogen and oxygen atoms in total. The lowest BCUT2D eigenvalue weighted by molar-refractivity contribution is -0.120. The van der Waals surface area contributed by atoms with Crippen LogP contribution in [0, 0.1) is 5.82 Å². The first-order chi connectivity index (χ1) is 6.65. The van der Waals surface area contributed by atoms with Crippen molar-refractivity contribution in [3.8, 4) is 0 Å². The molecule has 0 aliphatic rings. The zero-order valence-electron chi connectivity index (χ0n) is 8.16. The van der Waals surface area contributed by atoms with Gasteiger partial charge in [0.1, 0.15) is 5.82 Å². The number of hydrogen-bond donors (Lipinski definition) is 1. The van der Waals surface area contributed by atoms with Gasteiger partial charge in [-0.05, 0) is 24.1 Å². The monoisotopic (exact) mass is 195 g/mol. The number of benzene rings is 1. The highest BCUT2D eigenvalue weighted by atomic mass is 19.1. The van der Waals surface area contributed by atoms with Crippen molar-refractivity contribution in [3.63, 3.8) is 0 Å². The predicted octanol–water partition coefficient (Wildman–Crippen LogP) is 2.19. The molecule has 1 aromatic carbocycles. The summed E-state index contributed by atoms with van der Waals surface area (Å²) in [6.45, 7) is 1.93. The highest BCUT2D eigenvalue weighted by molar-refractivity contribution is 5.84. The maximum atomic E-state index is 12.6. The van der Waals surface area contributed by atoms with Crippen molar-refractivity contribution in [3.05, 3.63) is 35.6 Å². The average Bonchev–Trinajstić information content (AvgIpc) is 2.18. The number of carbonyl (C=O) groups excluding carboxylic acids is 1. The van der Waals surface area contributed by atoms with Crippen LogP contribution in [0.4, 0.5) is 4.39 Å². The van der Waals surface area contributed by atoms with E-state index in [1.54, 1.807) is 12.1 Å². The van der Waals surface area contributed by atoms with E-state index in [1.807, 2.05) is 6.92 Å². The van der Waals surface area contributed by atoms with Crippen LogP contribution in [-0.4, -0.2) is 5.78 Å². The van der Waals surface area contributed by atoms with E-state index in [-0.39, 0.29) is 11.6 Å². The molecule has 0 aromatic heterocycles. The van der Waals surface area contributed by atoms with Crippen LogP contribution in [0.3, 0.4) is 0 Å². The third kappa shape index (κ3) is 2.64. The van der Waals surface area contributed by atoms with Crippen molar-refractivity contribution in [1.82, 2.24) is 0 Å². The first-order valence-corrected chi connectivity index (χ1v) is 4.69. The molecule has 1 rings (SSSR count).